The Hall–Kier alpha value is -5.80. The number of piperidine rings is 3. The fourth-order valence-electron chi connectivity index (χ4n) is 10.6. The molecule has 9 rings (SSSR count). The van der Waals surface area contributed by atoms with Crippen molar-refractivity contribution in [3.63, 3.8) is 0 Å². The van der Waals surface area contributed by atoms with Crippen LogP contribution >= 0.6 is 11.6 Å². The topological polar surface area (TPSA) is 191 Å². The molecule has 3 aliphatic heterocycles. The molecule has 0 spiro atoms. The first-order valence-electron chi connectivity index (χ1n) is 25.9. The number of aromatic nitrogens is 6. The van der Waals surface area contributed by atoms with Crippen molar-refractivity contribution in [3.05, 3.63) is 88.3 Å². The van der Waals surface area contributed by atoms with E-state index in [0.717, 1.165) is 157 Å². The second kappa shape index (κ2) is 24.6. The van der Waals surface area contributed by atoms with Crippen LogP contribution in [0.5, 0.6) is 11.6 Å². The Kier molecular flexibility index (Phi) is 17.3. The molecule has 1 amide bonds. The molecule has 3 saturated heterocycles. The Bertz CT molecular complexity index is 2530. The van der Waals surface area contributed by atoms with E-state index in [9.17, 15) is 9.90 Å². The van der Waals surface area contributed by atoms with Crippen molar-refractivity contribution in [2.45, 2.75) is 115 Å². The Morgan fingerprint density at radius 3 is 2.45 bits per heavy atom. The van der Waals surface area contributed by atoms with E-state index in [4.69, 9.17) is 36.1 Å². The molecule has 1 atom stereocenters. The molecule has 17 nitrogen and oxygen atoms in total. The van der Waals surface area contributed by atoms with Gasteiger partial charge >= 0.3 is 0 Å². The third kappa shape index (κ3) is 13.2. The maximum atomic E-state index is 13.1. The number of aliphatic hydroxyl groups excluding tert-OH is 1. The summed E-state index contributed by atoms with van der Waals surface area (Å²) in [5.74, 6) is 4.90. The lowest BCUT2D eigenvalue weighted by atomic mass is 9.92. The summed E-state index contributed by atoms with van der Waals surface area (Å²) >= 11 is 6.17. The van der Waals surface area contributed by atoms with Gasteiger partial charge in [-0.25, -0.2) is 9.97 Å². The van der Waals surface area contributed by atoms with E-state index in [1.54, 1.807) is 24.3 Å². The summed E-state index contributed by atoms with van der Waals surface area (Å²) in [5, 5.41) is 39.4. The van der Waals surface area contributed by atoms with Crippen molar-refractivity contribution in [1.29, 1.82) is 5.26 Å². The third-order valence-electron chi connectivity index (χ3n) is 14.8. The highest BCUT2D eigenvalue weighted by Crippen LogP contribution is 2.31. The predicted octanol–water partition coefficient (Wildman–Crippen LogP) is 7.50. The van der Waals surface area contributed by atoms with Gasteiger partial charge in [-0.15, -0.1) is 10.2 Å². The summed E-state index contributed by atoms with van der Waals surface area (Å²) in [5.41, 5.74) is 3.77. The lowest BCUT2D eigenvalue weighted by Gasteiger charge is -2.38. The molecular weight excluding hydrogens is 920 g/mol. The quantitative estimate of drug-likeness (QED) is 0.0650. The van der Waals surface area contributed by atoms with Crippen LogP contribution in [-0.4, -0.2) is 130 Å². The second-order valence-corrected chi connectivity index (χ2v) is 20.1. The number of likely N-dealkylation sites (tertiary alicyclic amines) is 1. The van der Waals surface area contributed by atoms with Gasteiger partial charge in [0.2, 0.25) is 5.88 Å². The molecule has 378 valence electrons. The first-order chi connectivity index (χ1) is 34.8. The normalized spacial score (nSPS) is 20.5. The van der Waals surface area contributed by atoms with Crippen LogP contribution in [0.3, 0.4) is 0 Å². The number of halogens is 1. The Balaban J connectivity index is 0.627. The van der Waals surface area contributed by atoms with Crippen molar-refractivity contribution in [2.75, 3.05) is 80.8 Å². The largest absolute Gasteiger partial charge is 0.490 e. The van der Waals surface area contributed by atoms with Crippen molar-refractivity contribution >= 4 is 40.6 Å². The molecule has 4 fully saturated rings. The number of nitrogens with one attached hydrogen (secondary N) is 2. The van der Waals surface area contributed by atoms with Crippen molar-refractivity contribution in [2.24, 2.45) is 11.8 Å². The van der Waals surface area contributed by atoms with Crippen LogP contribution in [0.4, 0.5) is 17.5 Å². The fourth-order valence-corrected chi connectivity index (χ4v) is 10.8. The fraction of sp³-hybridized carbons (Fsp3) is 0.566. The van der Waals surface area contributed by atoms with E-state index in [1.807, 2.05) is 35.1 Å². The molecule has 1 saturated carbocycles. The standard InChI is InChI=1S/C53H69ClN12O5/c1-2-40-34-58-66-49(30-50(60-52(40)66)65-21-4-3-5-43(65)20-26-67)56-32-39-6-15-51(57-33-39)70-28-27-69-36-38-16-22-63(23-17-38)35-37-18-24-64(25-19-37)48-14-13-47(61-62-48)53(68)59-42-8-11-44(12-9-42)71-45-10-7-41(31-55)46(54)29-45/h6-7,10,13-15,29-30,33-34,37-38,42-44,56,67H,2-5,8-9,11-12,16-28,32,35-36H2,1H3,(H,59,68)/t42?,43-,44?/m0/s1. The molecular formula is C53H69ClN12O5. The minimum Gasteiger partial charge on any atom is -0.490 e. The maximum Gasteiger partial charge on any atom is 0.272 e. The van der Waals surface area contributed by atoms with E-state index in [0.29, 0.717) is 59.5 Å². The van der Waals surface area contributed by atoms with E-state index in [1.165, 1.54) is 6.42 Å². The zero-order chi connectivity index (χ0) is 48.9. The smallest absolute Gasteiger partial charge is 0.272 e. The van der Waals surface area contributed by atoms with E-state index < -0.39 is 0 Å². The van der Waals surface area contributed by atoms with Crippen LogP contribution in [0, 0.1) is 23.2 Å². The lowest BCUT2D eigenvalue weighted by Crippen LogP contribution is -2.42. The van der Waals surface area contributed by atoms with Gasteiger partial charge in [0.1, 0.15) is 30.1 Å². The number of ether oxygens (including phenoxy) is 3. The highest BCUT2D eigenvalue weighted by atomic mass is 35.5. The maximum absolute atomic E-state index is 13.1. The SMILES string of the molecule is CCc1cnn2c(NCc3ccc(OCCOCC4CCN(CC5CCN(c6ccc(C(=O)NC7CCC(Oc8ccc(C#N)c(Cl)c8)CC7)nn6)CC5)CC4)nc3)cc(N3CCCC[C@H]3CCO)nc12. The molecule has 0 bridgehead atoms. The third-order valence-corrected chi connectivity index (χ3v) is 15.1. The number of nitriles is 1. The number of amides is 1. The average molecular weight is 990 g/mol. The number of carbonyl (C=O) groups excluding carboxylic acids is 1. The number of carbonyl (C=O) groups is 1. The number of anilines is 3. The number of aryl methyl sites for hydroxylation is 1. The molecule has 1 aromatic carbocycles. The summed E-state index contributed by atoms with van der Waals surface area (Å²) in [7, 11) is 0. The van der Waals surface area contributed by atoms with Gasteiger partial charge in [-0.3, -0.25) is 4.79 Å². The Morgan fingerprint density at radius 1 is 0.887 bits per heavy atom. The Labute approximate surface area is 422 Å². The highest BCUT2D eigenvalue weighted by Gasteiger charge is 2.29. The van der Waals surface area contributed by atoms with Crippen LogP contribution < -0.4 is 29.9 Å². The number of rotatable bonds is 20. The van der Waals surface area contributed by atoms with Gasteiger partial charge in [-0.05, 0) is 138 Å². The molecule has 18 heteroatoms. The van der Waals surface area contributed by atoms with Gasteiger partial charge in [-0.2, -0.15) is 14.9 Å². The highest BCUT2D eigenvalue weighted by molar-refractivity contribution is 6.31. The van der Waals surface area contributed by atoms with Gasteiger partial charge in [0.05, 0.1) is 29.5 Å². The first-order valence-corrected chi connectivity index (χ1v) is 26.3. The first kappa shape index (κ1) is 50.2. The summed E-state index contributed by atoms with van der Waals surface area (Å²) in [4.78, 5) is 30.0. The number of hydrogen-bond donors (Lipinski definition) is 3. The molecule has 3 N–H and O–H groups in total. The molecule has 71 heavy (non-hydrogen) atoms. The number of pyridine rings is 1. The van der Waals surface area contributed by atoms with E-state index in [-0.39, 0.29) is 30.7 Å². The molecule has 4 aromatic heterocycles. The van der Waals surface area contributed by atoms with Gasteiger partial charge < -0.3 is 44.7 Å². The van der Waals surface area contributed by atoms with Gasteiger partial charge in [0.25, 0.3) is 5.91 Å². The molecule has 1 aliphatic carbocycles. The molecule has 0 radical (unpaired) electrons. The summed E-state index contributed by atoms with van der Waals surface area (Å²) in [6.07, 6.45) is 16.5. The Morgan fingerprint density at radius 2 is 1.72 bits per heavy atom. The number of benzene rings is 1. The van der Waals surface area contributed by atoms with Crippen molar-refractivity contribution in [3.8, 4) is 17.7 Å². The summed E-state index contributed by atoms with van der Waals surface area (Å²) in [6, 6.07) is 17.3. The molecule has 4 aliphatic rings. The number of nitrogens with zero attached hydrogens (tertiary/aromatic N) is 10. The molecule has 7 heterocycles. The van der Waals surface area contributed by atoms with E-state index >= 15 is 0 Å². The monoisotopic (exact) mass is 989 g/mol. The second-order valence-electron chi connectivity index (χ2n) is 19.7. The zero-order valence-electron chi connectivity index (χ0n) is 41.1. The summed E-state index contributed by atoms with van der Waals surface area (Å²) < 4.78 is 20.0. The zero-order valence-corrected chi connectivity index (χ0v) is 41.8. The van der Waals surface area contributed by atoms with Crippen LogP contribution in [0.25, 0.3) is 5.65 Å². The van der Waals surface area contributed by atoms with Crippen LogP contribution in [0.1, 0.15) is 111 Å². The van der Waals surface area contributed by atoms with Gasteiger partial charge in [-0.1, -0.05) is 24.6 Å². The number of aliphatic hydroxyl groups is 1. The van der Waals surface area contributed by atoms with E-state index in [2.05, 4.69) is 64.7 Å². The average Bonchev–Trinajstić information content (AvgIpc) is 3.83. The van der Waals surface area contributed by atoms with Crippen LogP contribution in [0.2, 0.25) is 5.02 Å². The minimum atomic E-state index is -0.197. The minimum absolute atomic E-state index is 0.0367. The van der Waals surface area contributed by atoms with Crippen LogP contribution in [0.15, 0.2) is 60.9 Å². The van der Waals surface area contributed by atoms with Crippen molar-refractivity contribution in [1.82, 2.24) is 40.0 Å². The van der Waals surface area contributed by atoms with Crippen molar-refractivity contribution < 1.29 is 24.1 Å². The van der Waals surface area contributed by atoms with Gasteiger partial charge in [0.15, 0.2) is 17.2 Å². The summed E-state index contributed by atoms with van der Waals surface area (Å²) in [6.45, 7) is 10.8. The molecule has 0 unspecified atom stereocenters. The van der Waals surface area contributed by atoms with Gasteiger partial charge in [0, 0.05) is 88.0 Å². The predicted molar refractivity (Wildman–Crippen MR) is 273 cm³/mol. The van der Waals surface area contributed by atoms with Crippen LogP contribution in [-0.2, 0) is 17.7 Å². The lowest BCUT2D eigenvalue weighted by molar-refractivity contribution is 0.0466. The number of fused-ring (bicyclic) bond motifs is 1. The number of hydrogen-bond acceptors (Lipinski definition) is 15. The molecule has 5 aromatic rings.